The first-order valence-electron chi connectivity index (χ1n) is 7.90. The SMILES string of the molecule is Cc1ccc(C2=C(c3ccccc3)Cc3cc(O)ccc32)cc1. The van der Waals surface area contributed by atoms with E-state index in [0.717, 1.165) is 6.42 Å². The summed E-state index contributed by atoms with van der Waals surface area (Å²) in [5.41, 5.74) is 8.78. The highest BCUT2D eigenvalue weighted by molar-refractivity contribution is 6.03. The summed E-state index contributed by atoms with van der Waals surface area (Å²) in [7, 11) is 0. The Kier molecular flexibility index (Phi) is 3.27. The average molecular weight is 298 g/mol. The summed E-state index contributed by atoms with van der Waals surface area (Å²) >= 11 is 0. The third-order valence-corrected chi connectivity index (χ3v) is 4.49. The molecule has 0 amide bonds. The number of fused-ring (bicyclic) bond motifs is 1. The lowest BCUT2D eigenvalue weighted by atomic mass is 9.94. The van der Waals surface area contributed by atoms with Crippen LogP contribution in [0.15, 0.2) is 72.8 Å². The lowest BCUT2D eigenvalue weighted by molar-refractivity contribution is 0.475. The van der Waals surface area contributed by atoms with E-state index in [9.17, 15) is 5.11 Å². The smallest absolute Gasteiger partial charge is 0.115 e. The van der Waals surface area contributed by atoms with Gasteiger partial charge in [0.25, 0.3) is 0 Å². The molecule has 0 fully saturated rings. The monoisotopic (exact) mass is 298 g/mol. The normalized spacial score (nSPS) is 13.3. The van der Waals surface area contributed by atoms with Crippen LogP contribution in [0, 0.1) is 6.92 Å². The molecule has 0 unspecified atom stereocenters. The standard InChI is InChI=1S/C22H18O/c1-15-7-9-17(10-8-15)22-20-12-11-19(23)13-18(20)14-21(22)16-5-3-2-4-6-16/h2-13,23H,14H2,1H3. The number of aryl methyl sites for hydroxylation is 1. The molecule has 1 heteroatoms. The number of phenols is 1. The fraction of sp³-hybridized carbons (Fsp3) is 0.0909. The Morgan fingerprint density at radius 2 is 1.52 bits per heavy atom. The van der Waals surface area contributed by atoms with Crippen LogP contribution in [0.1, 0.15) is 27.8 Å². The quantitative estimate of drug-likeness (QED) is 0.688. The lowest BCUT2D eigenvalue weighted by Crippen LogP contribution is -1.89. The fourth-order valence-corrected chi connectivity index (χ4v) is 3.35. The van der Waals surface area contributed by atoms with Crippen LogP contribution < -0.4 is 0 Å². The molecule has 3 aromatic rings. The molecule has 23 heavy (non-hydrogen) atoms. The van der Waals surface area contributed by atoms with E-state index in [2.05, 4.69) is 55.5 Å². The number of aromatic hydroxyl groups is 1. The minimum Gasteiger partial charge on any atom is -0.508 e. The number of rotatable bonds is 2. The third-order valence-electron chi connectivity index (χ3n) is 4.49. The number of hydrogen-bond acceptors (Lipinski definition) is 1. The topological polar surface area (TPSA) is 20.2 Å². The van der Waals surface area contributed by atoms with Gasteiger partial charge >= 0.3 is 0 Å². The summed E-state index contributed by atoms with van der Waals surface area (Å²) in [6.45, 7) is 2.11. The van der Waals surface area contributed by atoms with E-state index >= 15 is 0 Å². The molecule has 1 nitrogen and oxygen atoms in total. The number of allylic oxidation sites excluding steroid dienone is 1. The van der Waals surface area contributed by atoms with Crippen molar-refractivity contribution in [2.75, 3.05) is 0 Å². The van der Waals surface area contributed by atoms with Crippen molar-refractivity contribution in [1.82, 2.24) is 0 Å². The van der Waals surface area contributed by atoms with Crippen LogP contribution in [0.2, 0.25) is 0 Å². The molecule has 0 aliphatic heterocycles. The maximum Gasteiger partial charge on any atom is 0.115 e. The minimum absolute atomic E-state index is 0.335. The molecular formula is C22H18O. The second-order valence-electron chi connectivity index (χ2n) is 6.10. The van der Waals surface area contributed by atoms with E-state index in [1.54, 1.807) is 6.07 Å². The van der Waals surface area contributed by atoms with Gasteiger partial charge in [-0.05, 0) is 58.9 Å². The van der Waals surface area contributed by atoms with Crippen LogP contribution in [0.25, 0.3) is 11.1 Å². The molecule has 1 aliphatic rings. The van der Waals surface area contributed by atoms with Gasteiger partial charge in [-0.25, -0.2) is 0 Å². The molecule has 0 heterocycles. The first kappa shape index (κ1) is 13.8. The predicted octanol–water partition coefficient (Wildman–Crippen LogP) is 5.22. The zero-order chi connectivity index (χ0) is 15.8. The van der Waals surface area contributed by atoms with Gasteiger partial charge in [0, 0.05) is 0 Å². The van der Waals surface area contributed by atoms with Gasteiger partial charge in [0.2, 0.25) is 0 Å². The van der Waals surface area contributed by atoms with Crippen LogP contribution >= 0.6 is 0 Å². The molecule has 0 saturated heterocycles. The number of benzene rings is 3. The number of phenolic OH excluding ortho intramolecular Hbond substituents is 1. The fourth-order valence-electron chi connectivity index (χ4n) is 3.35. The van der Waals surface area contributed by atoms with E-state index in [-0.39, 0.29) is 0 Å². The van der Waals surface area contributed by atoms with Crippen LogP contribution in [0.3, 0.4) is 0 Å². The van der Waals surface area contributed by atoms with Crippen molar-refractivity contribution in [2.24, 2.45) is 0 Å². The average Bonchev–Trinajstić information content (AvgIpc) is 2.95. The van der Waals surface area contributed by atoms with Crippen LogP contribution in [-0.2, 0) is 6.42 Å². The molecule has 0 atom stereocenters. The maximum absolute atomic E-state index is 9.83. The summed E-state index contributed by atoms with van der Waals surface area (Å²) in [4.78, 5) is 0. The summed E-state index contributed by atoms with van der Waals surface area (Å²) in [5, 5.41) is 9.83. The molecule has 1 N–H and O–H groups in total. The Labute approximate surface area is 136 Å². The number of hydrogen-bond donors (Lipinski definition) is 1. The Hall–Kier alpha value is -2.80. The van der Waals surface area contributed by atoms with Crippen LogP contribution in [0.5, 0.6) is 5.75 Å². The summed E-state index contributed by atoms with van der Waals surface area (Å²) in [6.07, 6.45) is 0.858. The van der Waals surface area contributed by atoms with Crippen molar-refractivity contribution in [3.63, 3.8) is 0 Å². The molecule has 0 spiro atoms. The zero-order valence-electron chi connectivity index (χ0n) is 13.1. The molecule has 4 rings (SSSR count). The van der Waals surface area contributed by atoms with Gasteiger partial charge in [0.15, 0.2) is 0 Å². The van der Waals surface area contributed by atoms with Gasteiger partial charge in [-0.2, -0.15) is 0 Å². The third kappa shape index (κ3) is 2.44. The van der Waals surface area contributed by atoms with Gasteiger partial charge < -0.3 is 5.11 Å². The first-order chi connectivity index (χ1) is 11.2. The molecule has 1 aliphatic carbocycles. The molecule has 0 bridgehead atoms. The molecule has 0 saturated carbocycles. The van der Waals surface area contributed by atoms with Crippen LogP contribution in [-0.4, -0.2) is 5.11 Å². The van der Waals surface area contributed by atoms with Gasteiger partial charge in [0.05, 0.1) is 0 Å². The minimum atomic E-state index is 0.335. The predicted molar refractivity (Wildman–Crippen MR) is 95.3 cm³/mol. The van der Waals surface area contributed by atoms with Crippen molar-refractivity contribution in [3.8, 4) is 5.75 Å². The van der Waals surface area contributed by atoms with Crippen molar-refractivity contribution >= 4 is 11.1 Å². The Bertz CT molecular complexity index is 887. The Morgan fingerprint density at radius 3 is 2.26 bits per heavy atom. The lowest BCUT2D eigenvalue weighted by Gasteiger charge is -2.10. The molecular weight excluding hydrogens is 280 g/mol. The first-order valence-corrected chi connectivity index (χ1v) is 7.90. The molecule has 0 radical (unpaired) electrons. The van der Waals surface area contributed by atoms with Gasteiger partial charge in [-0.15, -0.1) is 0 Å². The van der Waals surface area contributed by atoms with Crippen molar-refractivity contribution in [2.45, 2.75) is 13.3 Å². The highest BCUT2D eigenvalue weighted by Gasteiger charge is 2.23. The van der Waals surface area contributed by atoms with Gasteiger partial charge in [0.1, 0.15) is 5.75 Å². The van der Waals surface area contributed by atoms with E-state index in [1.807, 2.05) is 18.2 Å². The van der Waals surface area contributed by atoms with E-state index in [1.165, 1.54) is 39.0 Å². The van der Waals surface area contributed by atoms with E-state index in [4.69, 9.17) is 0 Å². The van der Waals surface area contributed by atoms with Crippen molar-refractivity contribution < 1.29 is 5.11 Å². The largest absolute Gasteiger partial charge is 0.508 e. The summed E-state index contributed by atoms with van der Waals surface area (Å²) in [6, 6.07) is 24.9. The highest BCUT2D eigenvalue weighted by Crippen LogP contribution is 2.43. The highest BCUT2D eigenvalue weighted by atomic mass is 16.3. The second-order valence-corrected chi connectivity index (χ2v) is 6.10. The maximum atomic E-state index is 9.83. The van der Waals surface area contributed by atoms with Crippen molar-refractivity contribution in [3.05, 3.63) is 101 Å². The molecule has 112 valence electrons. The summed E-state index contributed by atoms with van der Waals surface area (Å²) < 4.78 is 0. The zero-order valence-corrected chi connectivity index (χ0v) is 13.1. The van der Waals surface area contributed by atoms with Gasteiger partial charge in [-0.3, -0.25) is 0 Å². The van der Waals surface area contributed by atoms with E-state index < -0.39 is 0 Å². The van der Waals surface area contributed by atoms with Gasteiger partial charge in [-0.1, -0.05) is 66.2 Å². The van der Waals surface area contributed by atoms with Crippen molar-refractivity contribution in [1.29, 1.82) is 0 Å². The van der Waals surface area contributed by atoms with E-state index in [0.29, 0.717) is 5.75 Å². The molecule has 0 aromatic heterocycles. The second kappa shape index (κ2) is 5.44. The van der Waals surface area contributed by atoms with Crippen LogP contribution in [0.4, 0.5) is 0 Å². The molecule has 3 aromatic carbocycles. The Morgan fingerprint density at radius 1 is 0.783 bits per heavy atom. The Balaban J connectivity index is 1.95. The summed E-state index contributed by atoms with van der Waals surface area (Å²) in [5.74, 6) is 0.335.